The SMILES string of the molecule is COC(=O)CC(=O)N(C)Cc1cc(Br)ccc1C. The third kappa shape index (κ3) is 4.14. The van der Waals surface area contributed by atoms with Crippen LogP contribution in [0.15, 0.2) is 22.7 Å². The summed E-state index contributed by atoms with van der Waals surface area (Å²) in [5.41, 5.74) is 2.15. The van der Waals surface area contributed by atoms with Crippen LogP contribution in [0.25, 0.3) is 0 Å². The van der Waals surface area contributed by atoms with Crippen molar-refractivity contribution in [2.45, 2.75) is 19.9 Å². The Balaban J connectivity index is 2.69. The third-order valence-corrected chi connectivity index (χ3v) is 3.16. The van der Waals surface area contributed by atoms with Crippen LogP contribution in [0.1, 0.15) is 17.5 Å². The van der Waals surface area contributed by atoms with Gasteiger partial charge in [0.1, 0.15) is 6.42 Å². The minimum Gasteiger partial charge on any atom is -0.469 e. The van der Waals surface area contributed by atoms with E-state index in [0.717, 1.165) is 15.6 Å². The van der Waals surface area contributed by atoms with Gasteiger partial charge in [-0.1, -0.05) is 22.0 Å². The maximum Gasteiger partial charge on any atom is 0.315 e. The number of nitrogens with zero attached hydrogens (tertiary/aromatic N) is 1. The Kier molecular flexibility index (Phi) is 5.34. The first-order valence-electron chi connectivity index (χ1n) is 5.50. The molecule has 1 amide bonds. The Morgan fingerprint density at radius 1 is 1.39 bits per heavy atom. The Hall–Kier alpha value is -1.36. The first-order valence-corrected chi connectivity index (χ1v) is 6.29. The van der Waals surface area contributed by atoms with Crippen LogP contribution in [0.5, 0.6) is 0 Å². The predicted octanol–water partition coefficient (Wildman–Crippen LogP) is 2.28. The average Bonchev–Trinajstić information content (AvgIpc) is 2.33. The number of carbonyl (C=O) groups is 2. The van der Waals surface area contributed by atoms with Gasteiger partial charge in [0.05, 0.1) is 7.11 Å². The summed E-state index contributed by atoms with van der Waals surface area (Å²) >= 11 is 3.40. The second kappa shape index (κ2) is 6.54. The summed E-state index contributed by atoms with van der Waals surface area (Å²) in [6.45, 7) is 2.46. The summed E-state index contributed by atoms with van der Waals surface area (Å²) < 4.78 is 5.44. The average molecular weight is 314 g/mol. The first-order chi connectivity index (χ1) is 8.43. The molecule has 0 spiro atoms. The molecule has 1 rings (SSSR count). The molecule has 1 aromatic carbocycles. The number of hydrogen-bond donors (Lipinski definition) is 0. The van der Waals surface area contributed by atoms with E-state index in [9.17, 15) is 9.59 Å². The van der Waals surface area contributed by atoms with Crippen LogP contribution >= 0.6 is 15.9 Å². The molecule has 0 saturated carbocycles. The highest BCUT2D eigenvalue weighted by atomic mass is 79.9. The van der Waals surface area contributed by atoms with E-state index in [1.54, 1.807) is 7.05 Å². The number of esters is 1. The van der Waals surface area contributed by atoms with Crippen LogP contribution in [0.3, 0.4) is 0 Å². The Morgan fingerprint density at radius 3 is 2.67 bits per heavy atom. The second-order valence-corrected chi connectivity index (χ2v) is 4.99. The van der Waals surface area contributed by atoms with Gasteiger partial charge in [0.2, 0.25) is 5.91 Å². The molecule has 18 heavy (non-hydrogen) atoms. The number of amides is 1. The molecular formula is C13H16BrNO3. The van der Waals surface area contributed by atoms with E-state index in [1.165, 1.54) is 12.0 Å². The van der Waals surface area contributed by atoms with Gasteiger partial charge in [0.25, 0.3) is 0 Å². The van der Waals surface area contributed by atoms with E-state index < -0.39 is 5.97 Å². The van der Waals surface area contributed by atoms with Gasteiger partial charge < -0.3 is 9.64 Å². The Labute approximate surface area is 115 Å². The van der Waals surface area contributed by atoms with Crippen molar-refractivity contribution in [3.05, 3.63) is 33.8 Å². The summed E-state index contributed by atoms with van der Waals surface area (Å²) in [5.74, 6) is -0.765. The number of aryl methyl sites for hydroxylation is 1. The van der Waals surface area contributed by atoms with Gasteiger partial charge in [-0.15, -0.1) is 0 Å². The van der Waals surface area contributed by atoms with Crippen molar-refractivity contribution in [2.75, 3.05) is 14.2 Å². The van der Waals surface area contributed by atoms with E-state index in [0.29, 0.717) is 6.54 Å². The summed E-state index contributed by atoms with van der Waals surface area (Å²) in [7, 11) is 2.94. The van der Waals surface area contributed by atoms with Crippen LogP contribution < -0.4 is 0 Å². The van der Waals surface area contributed by atoms with E-state index in [-0.39, 0.29) is 12.3 Å². The lowest BCUT2D eigenvalue weighted by Gasteiger charge is -2.18. The van der Waals surface area contributed by atoms with E-state index in [2.05, 4.69) is 20.7 Å². The Bertz CT molecular complexity index is 460. The molecule has 0 saturated heterocycles. The molecule has 0 unspecified atom stereocenters. The Morgan fingerprint density at radius 2 is 2.06 bits per heavy atom. The van der Waals surface area contributed by atoms with Gasteiger partial charge in [-0.3, -0.25) is 9.59 Å². The van der Waals surface area contributed by atoms with Crippen LogP contribution in [0.2, 0.25) is 0 Å². The molecule has 0 bridgehead atoms. The predicted molar refractivity (Wildman–Crippen MR) is 72.0 cm³/mol. The molecule has 0 N–H and O–H groups in total. The molecule has 0 radical (unpaired) electrons. The van der Waals surface area contributed by atoms with Crippen molar-refractivity contribution in [1.29, 1.82) is 0 Å². The molecule has 0 aliphatic rings. The van der Waals surface area contributed by atoms with E-state index >= 15 is 0 Å². The standard InChI is InChI=1S/C13H16BrNO3/c1-9-4-5-11(14)6-10(9)8-15(2)12(16)7-13(17)18-3/h4-6H,7-8H2,1-3H3. The molecular weight excluding hydrogens is 298 g/mol. The number of carbonyl (C=O) groups excluding carboxylic acids is 2. The third-order valence-electron chi connectivity index (χ3n) is 2.67. The first kappa shape index (κ1) is 14.7. The van der Waals surface area contributed by atoms with Crippen molar-refractivity contribution in [3.8, 4) is 0 Å². The molecule has 0 aliphatic carbocycles. The number of rotatable bonds is 4. The van der Waals surface area contributed by atoms with Gasteiger partial charge in [0, 0.05) is 18.1 Å². The number of methoxy groups -OCH3 is 1. The van der Waals surface area contributed by atoms with Gasteiger partial charge in [-0.25, -0.2) is 0 Å². The summed E-state index contributed by atoms with van der Waals surface area (Å²) in [6, 6.07) is 5.91. The number of ether oxygens (including phenoxy) is 1. The number of halogens is 1. The monoisotopic (exact) mass is 313 g/mol. The van der Waals surface area contributed by atoms with Crippen LogP contribution in [-0.4, -0.2) is 30.9 Å². The quantitative estimate of drug-likeness (QED) is 0.633. The summed E-state index contributed by atoms with van der Waals surface area (Å²) in [5, 5.41) is 0. The van der Waals surface area contributed by atoms with Crippen LogP contribution in [0.4, 0.5) is 0 Å². The molecule has 0 aliphatic heterocycles. The highest BCUT2D eigenvalue weighted by Gasteiger charge is 2.15. The molecule has 0 fully saturated rings. The zero-order valence-electron chi connectivity index (χ0n) is 10.7. The fourth-order valence-corrected chi connectivity index (χ4v) is 1.89. The van der Waals surface area contributed by atoms with Gasteiger partial charge >= 0.3 is 5.97 Å². The molecule has 4 nitrogen and oxygen atoms in total. The van der Waals surface area contributed by atoms with Crippen LogP contribution in [0, 0.1) is 6.92 Å². The summed E-state index contributed by atoms with van der Waals surface area (Å²) in [4.78, 5) is 24.3. The molecule has 0 heterocycles. The van der Waals surface area contributed by atoms with E-state index in [4.69, 9.17) is 0 Å². The summed E-state index contributed by atoms with van der Waals surface area (Å²) in [6.07, 6.45) is -0.222. The minimum absolute atomic E-state index is 0.222. The smallest absolute Gasteiger partial charge is 0.315 e. The van der Waals surface area contributed by atoms with Gasteiger partial charge in [-0.2, -0.15) is 0 Å². The molecule has 0 aromatic heterocycles. The molecule has 5 heteroatoms. The van der Waals surface area contributed by atoms with Crippen molar-refractivity contribution in [3.63, 3.8) is 0 Å². The van der Waals surface area contributed by atoms with E-state index in [1.807, 2.05) is 25.1 Å². The van der Waals surface area contributed by atoms with Crippen molar-refractivity contribution >= 4 is 27.8 Å². The van der Waals surface area contributed by atoms with Crippen molar-refractivity contribution < 1.29 is 14.3 Å². The second-order valence-electron chi connectivity index (χ2n) is 4.07. The minimum atomic E-state index is -0.516. The molecule has 1 aromatic rings. The largest absolute Gasteiger partial charge is 0.469 e. The fourth-order valence-electron chi connectivity index (χ4n) is 1.48. The maximum atomic E-state index is 11.7. The lowest BCUT2D eigenvalue weighted by molar-refractivity contribution is -0.146. The zero-order chi connectivity index (χ0) is 13.7. The molecule has 98 valence electrons. The lowest BCUT2D eigenvalue weighted by atomic mass is 10.1. The number of hydrogen-bond acceptors (Lipinski definition) is 3. The van der Waals surface area contributed by atoms with Gasteiger partial charge in [0.15, 0.2) is 0 Å². The topological polar surface area (TPSA) is 46.6 Å². The highest BCUT2D eigenvalue weighted by Crippen LogP contribution is 2.17. The number of benzene rings is 1. The van der Waals surface area contributed by atoms with Crippen LogP contribution in [-0.2, 0) is 20.9 Å². The lowest BCUT2D eigenvalue weighted by Crippen LogP contribution is -2.28. The van der Waals surface area contributed by atoms with Crippen molar-refractivity contribution in [2.24, 2.45) is 0 Å². The fraction of sp³-hybridized carbons (Fsp3) is 0.385. The highest BCUT2D eigenvalue weighted by molar-refractivity contribution is 9.10. The molecule has 0 atom stereocenters. The maximum absolute atomic E-state index is 11.7. The van der Waals surface area contributed by atoms with Crippen molar-refractivity contribution in [1.82, 2.24) is 4.90 Å². The normalized spacial score (nSPS) is 10.0. The van der Waals surface area contributed by atoms with Gasteiger partial charge in [-0.05, 0) is 30.2 Å². The zero-order valence-corrected chi connectivity index (χ0v) is 12.3.